The van der Waals surface area contributed by atoms with Gasteiger partial charge in [0.05, 0.1) is 5.92 Å². The van der Waals surface area contributed by atoms with E-state index in [1.165, 1.54) is 18.7 Å². The second-order valence-corrected chi connectivity index (χ2v) is 6.14. The highest BCUT2D eigenvalue weighted by Crippen LogP contribution is 2.34. The summed E-state index contributed by atoms with van der Waals surface area (Å²) < 4.78 is 5.02. The van der Waals surface area contributed by atoms with E-state index in [1.807, 2.05) is 0 Å². The number of carbonyl (C=O) groups excluding carboxylic acids is 2. The van der Waals surface area contributed by atoms with Crippen LogP contribution in [0.1, 0.15) is 39.5 Å². The van der Waals surface area contributed by atoms with Crippen molar-refractivity contribution in [1.82, 2.24) is 0 Å². The summed E-state index contributed by atoms with van der Waals surface area (Å²) in [7, 11) is 0. The molecule has 0 radical (unpaired) electrons. The van der Waals surface area contributed by atoms with Crippen molar-refractivity contribution in [2.24, 2.45) is 11.8 Å². The van der Waals surface area contributed by atoms with Gasteiger partial charge in [-0.15, -0.1) is 0 Å². The van der Waals surface area contributed by atoms with Crippen molar-refractivity contribution >= 4 is 40.1 Å². The molecule has 1 aliphatic carbocycles. The Morgan fingerprint density at radius 3 is 2.41 bits per heavy atom. The lowest BCUT2D eigenvalue weighted by Crippen LogP contribution is -2.28. The van der Waals surface area contributed by atoms with Gasteiger partial charge in [-0.05, 0) is 31.0 Å². The first kappa shape index (κ1) is 14.6. The second kappa shape index (κ2) is 7.11. The largest absolute Gasteiger partial charge is 0.419 e. The van der Waals surface area contributed by atoms with Gasteiger partial charge in [0.15, 0.2) is 10.2 Å². The zero-order chi connectivity index (χ0) is 12.8. The lowest BCUT2D eigenvalue weighted by atomic mass is 9.92. The van der Waals surface area contributed by atoms with Crippen molar-refractivity contribution in [2.75, 3.05) is 5.75 Å². The molecular formula is C12H18O3S2. The Bertz CT molecular complexity index is 309. The van der Waals surface area contributed by atoms with Gasteiger partial charge in [-0.25, -0.2) is 0 Å². The van der Waals surface area contributed by atoms with Crippen LogP contribution in [0.4, 0.5) is 0 Å². The fraction of sp³-hybridized carbons (Fsp3) is 0.750. The quantitative estimate of drug-likeness (QED) is 0.582. The zero-order valence-electron chi connectivity index (χ0n) is 10.2. The van der Waals surface area contributed by atoms with Crippen LogP contribution < -0.4 is 0 Å². The summed E-state index contributed by atoms with van der Waals surface area (Å²) in [5, 5.41) is 0.297. The number of thiocarbonyl (C=S) groups is 1. The van der Waals surface area contributed by atoms with Crippen molar-refractivity contribution in [1.29, 1.82) is 0 Å². The van der Waals surface area contributed by atoms with E-state index in [2.05, 4.69) is 0 Å². The third-order valence-electron chi connectivity index (χ3n) is 2.98. The molecule has 0 aromatic rings. The van der Waals surface area contributed by atoms with E-state index in [1.54, 1.807) is 6.92 Å². The summed E-state index contributed by atoms with van der Waals surface area (Å²) in [5.41, 5.74) is 0. The Labute approximate surface area is 112 Å². The lowest BCUT2D eigenvalue weighted by Gasteiger charge is -2.20. The maximum absolute atomic E-state index is 11.9. The molecule has 0 N–H and O–H groups in total. The van der Waals surface area contributed by atoms with Crippen molar-refractivity contribution in [3.05, 3.63) is 0 Å². The van der Waals surface area contributed by atoms with E-state index >= 15 is 0 Å². The van der Waals surface area contributed by atoms with Gasteiger partial charge in [0.25, 0.3) is 0 Å². The SMILES string of the molecule is CC(=O)SCC(C(=O)OC(C)=S)C1CCCC1. The first-order valence-corrected chi connectivity index (χ1v) is 7.25. The maximum Gasteiger partial charge on any atom is 0.315 e. The van der Waals surface area contributed by atoms with Crippen LogP contribution in [0.5, 0.6) is 0 Å². The smallest absolute Gasteiger partial charge is 0.315 e. The molecule has 1 saturated carbocycles. The van der Waals surface area contributed by atoms with Gasteiger partial charge in [0, 0.05) is 19.6 Å². The number of hydrogen-bond donors (Lipinski definition) is 0. The van der Waals surface area contributed by atoms with E-state index in [0.717, 1.165) is 25.7 Å². The summed E-state index contributed by atoms with van der Waals surface area (Å²) in [4.78, 5) is 22.9. The van der Waals surface area contributed by atoms with Crippen LogP contribution in [0.25, 0.3) is 0 Å². The highest BCUT2D eigenvalue weighted by Gasteiger charge is 2.32. The lowest BCUT2D eigenvalue weighted by molar-refractivity contribution is -0.140. The molecule has 96 valence electrons. The Morgan fingerprint density at radius 2 is 1.94 bits per heavy atom. The third kappa shape index (κ3) is 5.17. The van der Waals surface area contributed by atoms with Crippen molar-refractivity contribution in [3.63, 3.8) is 0 Å². The number of rotatable bonds is 4. The Hall–Kier alpha value is -0.420. The van der Waals surface area contributed by atoms with Gasteiger partial charge >= 0.3 is 5.97 Å². The van der Waals surface area contributed by atoms with Crippen LogP contribution in [0.3, 0.4) is 0 Å². The first-order valence-electron chi connectivity index (χ1n) is 5.86. The molecule has 3 nitrogen and oxygen atoms in total. The van der Waals surface area contributed by atoms with Gasteiger partial charge < -0.3 is 4.74 Å². The predicted octanol–water partition coefficient (Wildman–Crippen LogP) is 2.96. The number of hydrogen-bond acceptors (Lipinski definition) is 5. The van der Waals surface area contributed by atoms with Gasteiger partial charge in [-0.2, -0.15) is 0 Å². The van der Waals surface area contributed by atoms with E-state index in [9.17, 15) is 9.59 Å². The number of carbonyl (C=O) groups is 2. The highest BCUT2D eigenvalue weighted by molar-refractivity contribution is 8.13. The average Bonchev–Trinajstić information content (AvgIpc) is 2.69. The van der Waals surface area contributed by atoms with Crippen molar-refractivity contribution in [2.45, 2.75) is 39.5 Å². The fourth-order valence-corrected chi connectivity index (χ4v) is 3.09. The van der Waals surface area contributed by atoms with Crippen LogP contribution in [0.2, 0.25) is 0 Å². The highest BCUT2D eigenvalue weighted by atomic mass is 32.2. The van der Waals surface area contributed by atoms with E-state index in [4.69, 9.17) is 17.0 Å². The van der Waals surface area contributed by atoms with Crippen LogP contribution in [0, 0.1) is 11.8 Å². The molecule has 0 spiro atoms. The van der Waals surface area contributed by atoms with Gasteiger partial charge in [-0.3, -0.25) is 9.59 Å². The molecular weight excluding hydrogens is 256 g/mol. The molecule has 1 fully saturated rings. The Balaban J connectivity index is 2.59. The fourth-order valence-electron chi connectivity index (χ4n) is 2.18. The Morgan fingerprint density at radius 1 is 1.35 bits per heavy atom. The summed E-state index contributed by atoms with van der Waals surface area (Å²) in [6.07, 6.45) is 4.43. The van der Waals surface area contributed by atoms with E-state index in [0.29, 0.717) is 11.7 Å². The molecule has 1 unspecified atom stereocenters. The standard InChI is InChI=1S/C12H18O3S2/c1-8(13)17-7-11(10-5-3-4-6-10)12(14)15-9(2)16/h10-11H,3-7H2,1-2H3. The molecule has 0 aromatic carbocycles. The molecule has 0 saturated heterocycles. The second-order valence-electron chi connectivity index (χ2n) is 4.37. The predicted molar refractivity (Wildman–Crippen MR) is 73.0 cm³/mol. The van der Waals surface area contributed by atoms with Gasteiger partial charge in [0.1, 0.15) is 0 Å². The molecule has 1 aliphatic rings. The molecule has 0 aliphatic heterocycles. The minimum Gasteiger partial charge on any atom is -0.419 e. The van der Waals surface area contributed by atoms with Gasteiger partial charge in [0.2, 0.25) is 0 Å². The minimum atomic E-state index is -0.266. The molecule has 17 heavy (non-hydrogen) atoms. The molecule has 1 rings (SSSR count). The summed E-state index contributed by atoms with van der Waals surface area (Å²) in [6.45, 7) is 3.11. The van der Waals surface area contributed by atoms with Gasteiger partial charge in [-0.1, -0.05) is 24.6 Å². The van der Waals surface area contributed by atoms with Crippen LogP contribution in [-0.4, -0.2) is 21.9 Å². The number of thioether (sulfide) groups is 1. The summed E-state index contributed by atoms with van der Waals surface area (Å²) in [5.74, 6) is 0.410. The first-order chi connectivity index (χ1) is 8.00. The van der Waals surface area contributed by atoms with Crippen LogP contribution in [0.15, 0.2) is 0 Å². The molecule has 0 bridgehead atoms. The van der Waals surface area contributed by atoms with Crippen LogP contribution in [-0.2, 0) is 14.3 Å². The number of ether oxygens (including phenoxy) is 1. The average molecular weight is 274 g/mol. The molecule has 0 aromatic heterocycles. The van der Waals surface area contributed by atoms with E-state index < -0.39 is 0 Å². The molecule has 5 heteroatoms. The number of esters is 1. The topological polar surface area (TPSA) is 43.4 Å². The third-order valence-corrected chi connectivity index (χ3v) is 4.00. The van der Waals surface area contributed by atoms with Crippen molar-refractivity contribution in [3.8, 4) is 0 Å². The molecule has 1 atom stereocenters. The normalized spacial score (nSPS) is 17.8. The van der Waals surface area contributed by atoms with Crippen LogP contribution >= 0.6 is 24.0 Å². The van der Waals surface area contributed by atoms with E-state index in [-0.39, 0.29) is 22.1 Å². The Kier molecular flexibility index (Phi) is 6.12. The molecule has 0 amide bonds. The molecule has 0 heterocycles. The van der Waals surface area contributed by atoms with Crippen molar-refractivity contribution < 1.29 is 14.3 Å². The minimum absolute atomic E-state index is 0.0415. The summed E-state index contributed by atoms with van der Waals surface area (Å²) >= 11 is 5.98. The summed E-state index contributed by atoms with van der Waals surface area (Å²) in [6, 6.07) is 0. The zero-order valence-corrected chi connectivity index (χ0v) is 11.9. The monoisotopic (exact) mass is 274 g/mol. The maximum atomic E-state index is 11.9.